The Hall–Kier alpha value is -3.84. The molecule has 4 rings (SSSR count). The van der Waals surface area contributed by atoms with E-state index in [0.29, 0.717) is 16.9 Å². The second-order valence-corrected chi connectivity index (χ2v) is 7.87. The highest BCUT2D eigenvalue weighted by atomic mass is 16.5. The van der Waals surface area contributed by atoms with Crippen LogP contribution in [0.25, 0.3) is 0 Å². The summed E-state index contributed by atoms with van der Waals surface area (Å²) in [5, 5.41) is 8.98. The predicted octanol–water partition coefficient (Wildman–Crippen LogP) is 4.21. The van der Waals surface area contributed by atoms with Gasteiger partial charge in [-0.15, -0.1) is 0 Å². The first-order chi connectivity index (χ1) is 16.1. The molecular weight excluding hydrogens is 416 g/mol. The first-order valence-electron chi connectivity index (χ1n) is 11.1. The molecule has 1 heterocycles. The van der Waals surface area contributed by atoms with Crippen LogP contribution in [-0.4, -0.2) is 44.2 Å². The van der Waals surface area contributed by atoms with Crippen LogP contribution in [0.1, 0.15) is 17.3 Å². The van der Waals surface area contributed by atoms with E-state index in [1.807, 2.05) is 60.7 Å². The Bertz CT molecular complexity index is 1080. The van der Waals surface area contributed by atoms with Gasteiger partial charge in [0, 0.05) is 35.8 Å². The predicted molar refractivity (Wildman–Crippen MR) is 132 cm³/mol. The fraction of sp³-hybridized carbons (Fsp3) is 0.231. The summed E-state index contributed by atoms with van der Waals surface area (Å²) >= 11 is 0. The number of carbonyl (C=O) groups excluding carboxylic acids is 2. The molecule has 7 heteroatoms. The van der Waals surface area contributed by atoms with Crippen molar-refractivity contribution in [3.63, 3.8) is 0 Å². The van der Waals surface area contributed by atoms with Gasteiger partial charge >= 0.3 is 0 Å². The highest BCUT2D eigenvalue weighted by molar-refractivity contribution is 6.08. The van der Waals surface area contributed by atoms with Crippen molar-refractivity contribution in [1.29, 1.82) is 0 Å². The van der Waals surface area contributed by atoms with Gasteiger partial charge in [-0.05, 0) is 55.5 Å². The van der Waals surface area contributed by atoms with Gasteiger partial charge in [-0.1, -0.05) is 30.3 Å². The third-order valence-corrected chi connectivity index (χ3v) is 5.48. The Labute approximate surface area is 193 Å². The van der Waals surface area contributed by atoms with Gasteiger partial charge < -0.3 is 25.6 Å². The maximum Gasteiger partial charge on any atom is 0.257 e. The molecule has 1 fully saturated rings. The van der Waals surface area contributed by atoms with E-state index in [1.54, 1.807) is 25.1 Å². The van der Waals surface area contributed by atoms with Crippen molar-refractivity contribution in [3.8, 4) is 0 Å². The van der Waals surface area contributed by atoms with E-state index in [4.69, 9.17) is 4.74 Å². The molecule has 0 unspecified atom stereocenters. The highest BCUT2D eigenvalue weighted by Crippen LogP contribution is 2.21. The molecule has 3 aromatic carbocycles. The van der Waals surface area contributed by atoms with Crippen molar-refractivity contribution in [2.24, 2.45) is 0 Å². The molecule has 1 atom stereocenters. The summed E-state index contributed by atoms with van der Waals surface area (Å²) in [6, 6.07) is 23.7. The van der Waals surface area contributed by atoms with Gasteiger partial charge in [0.1, 0.15) is 6.04 Å². The second-order valence-electron chi connectivity index (χ2n) is 7.87. The average Bonchev–Trinajstić information content (AvgIpc) is 2.86. The number of anilines is 4. The minimum Gasteiger partial charge on any atom is -0.378 e. The van der Waals surface area contributed by atoms with Gasteiger partial charge in [-0.25, -0.2) is 0 Å². The van der Waals surface area contributed by atoms with Crippen LogP contribution in [0.3, 0.4) is 0 Å². The number of hydrogen-bond donors (Lipinski definition) is 3. The number of hydrogen-bond acceptors (Lipinski definition) is 5. The molecule has 0 aliphatic carbocycles. The second kappa shape index (κ2) is 10.7. The minimum atomic E-state index is -0.547. The molecule has 170 valence electrons. The smallest absolute Gasteiger partial charge is 0.257 e. The fourth-order valence-electron chi connectivity index (χ4n) is 3.65. The number of nitrogens with one attached hydrogen (secondary N) is 3. The number of para-hydroxylation sites is 2. The summed E-state index contributed by atoms with van der Waals surface area (Å²) in [5.74, 6) is -0.428. The zero-order valence-corrected chi connectivity index (χ0v) is 18.6. The van der Waals surface area contributed by atoms with E-state index in [1.165, 1.54) is 0 Å². The van der Waals surface area contributed by atoms with Gasteiger partial charge in [0.15, 0.2) is 0 Å². The normalized spacial score (nSPS) is 14.3. The van der Waals surface area contributed by atoms with Gasteiger partial charge in [-0.2, -0.15) is 0 Å². The largest absolute Gasteiger partial charge is 0.378 e. The van der Waals surface area contributed by atoms with E-state index in [2.05, 4.69) is 20.9 Å². The molecule has 3 N–H and O–H groups in total. The molecule has 0 aromatic heterocycles. The van der Waals surface area contributed by atoms with Crippen LogP contribution in [0.15, 0.2) is 78.9 Å². The molecule has 1 aliphatic heterocycles. The monoisotopic (exact) mass is 444 g/mol. The molecule has 2 amide bonds. The van der Waals surface area contributed by atoms with Gasteiger partial charge in [0.25, 0.3) is 5.91 Å². The summed E-state index contributed by atoms with van der Waals surface area (Å²) in [5.41, 5.74) is 3.61. The summed E-state index contributed by atoms with van der Waals surface area (Å²) in [6.07, 6.45) is 0. The third kappa shape index (κ3) is 5.90. The van der Waals surface area contributed by atoms with Crippen molar-refractivity contribution >= 4 is 34.6 Å². The van der Waals surface area contributed by atoms with Crippen molar-refractivity contribution in [2.45, 2.75) is 13.0 Å². The standard InChI is InChI=1S/C26H28N4O3/c1-19(25(31)28-21-11-13-22(14-12-21)30-15-17-33-18-16-30)27-24-10-6-5-9-23(24)26(32)29-20-7-3-2-4-8-20/h2-14,19,27H,15-18H2,1H3,(H,28,31)(H,29,32)/t19-/m1/s1. The van der Waals surface area contributed by atoms with Gasteiger partial charge in [0.2, 0.25) is 5.91 Å². The number of amides is 2. The topological polar surface area (TPSA) is 82.7 Å². The Morgan fingerprint density at radius 1 is 0.818 bits per heavy atom. The third-order valence-electron chi connectivity index (χ3n) is 5.48. The van der Waals surface area contributed by atoms with Crippen molar-refractivity contribution < 1.29 is 14.3 Å². The van der Waals surface area contributed by atoms with Crippen LogP contribution in [0, 0.1) is 0 Å². The SMILES string of the molecule is C[C@@H](Nc1ccccc1C(=O)Nc1ccccc1)C(=O)Nc1ccc(N2CCOCC2)cc1. The summed E-state index contributed by atoms with van der Waals surface area (Å²) in [4.78, 5) is 27.8. The quantitative estimate of drug-likeness (QED) is 0.508. The van der Waals surface area contributed by atoms with E-state index in [-0.39, 0.29) is 11.8 Å². The molecular formula is C26H28N4O3. The lowest BCUT2D eigenvalue weighted by atomic mass is 10.1. The van der Waals surface area contributed by atoms with E-state index < -0.39 is 6.04 Å². The minimum absolute atomic E-state index is 0.188. The number of ether oxygens (including phenoxy) is 1. The lowest BCUT2D eigenvalue weighted by Crippen LogP contribution is -2.36. The first kappa shape index (κ1) is 22.4. The van der Waals surface area contributed by atoms with Gasteiger partial charge in [0.05, 0.1) is 18.8 Å². The first-order valence-corrected chi connectivity index (χ1v) is 11.1. The van der Waals surface area contributed by atoms with E-state index >= 15 is 0 Å². The molecule has 0 spiro atoms. The molecule has 1 aliphatic rings. The van der Waals surface area contributed by atoms with Gasteiger partial charge in [-0.3, -0.25) is 9.59 Å². The van der Waals surface area contributed by atoms with Crippen LogP contribution in [0.5, 0.6) is 0 Å². The van der Waals surface area contributed by atoms with Crippen LogP contribution in [-0.2, 0) is 9.53 Å². The maximum atomic E-state index is 12.8. The van der Waals surface area contributed by atoms with Crippen LogP contribution >= 0.6 is 0 Å². The number of benzene rings is 3. The number of rotatable bonds is 7. The van der Waals surface area contributed by atoms with Crippen LogP contribution in [0.4, 0.5) is 22.7 Å². The summed E-state index contributed by atoms with van der Waals surface area (Å²) in [7, 11) is 0. The zero-order chi connectivity index (χ0) is 23.0. The summed E-state index contributed by atoms with van der Waals surface area (Å²) in [6.45, 7) is 4.95. The number of nitrogens with zero attached hydrogens (tertiary/aromatic N) is 1. The highest BCUT2D eigenvalue weighted by Gasteiger charge is 2.18. The Balaban J connectivity index is 1.37. The molecule has 1 saturated heterocycles. The molecule has 33 heavy (non-hydrogen) atoms. The van der Waals surface area contributed by atoms with Crippen molar-refractivity contribution in [3.05, 3.63) is 84.4 Å². The van der Waals surface area contributed by atoms with Crippen LogP contribution < -0.4 is 20.9 Å². The van der Waals surface area contributed by atoms with Crippen LogP contribution in [0.2, 0.25) is 0 Å². The van der Waals surface area contributed by atoms with Crippen molar-refractivity contribution in [1.82, 2.24) is 0 Å². The molecule has 7 nitrogen and oxygen atoms in total. The fourth-order valence-corrected chi connectivity index (χ4v) is 3.65. The molecule has 0 radical (unpaired) electrons. The van der Waals surface area contributed by atoms with Crippen molar-refractivity contribution in [2.75, 3.05) is 47.2 Å². The Morgan fingerprint density at radius 2 is 1.45 bits per heavy atom. The number of morpholine rings is 1. The lowest BCUT2D eigenvalue weighted by Gasteiger charge is -2.29. The zero-order valence-electron chi connectivity index (χ0n) is 18.6. The average molecular weight is 445 g/mol. The summed E-state index contributed by atoms with van der Waals surface area (Å²) < 4.78 is 5.39. The van der Waals surface area contributed by atoms with E-state index in [9.17, 15) is 9.59 Å². The Kier molecular flexibility index (Phi) is 7.22. The molecule has 0 saturated carbocycles. The van der Waals surface area contributed by atoms with E-state index in [0.717, 1.165) is 37.7 Å². The lowest BCUT2D eigenvalue weighted by molar-refractivity contribution is -0.116. The number of carbonyl (C=O) groups is 2. The molecule has 3 aromatic rings. The maximum absolute atomic E-state index is 12.8. The molecule has 0 bridgehead atoms. The Morgan fingerprint density at radius 3 is 2.18 bits per heavy atom.